The highest BCUT2D eigenvalue weighted by atomic mass is 79.9. The predicted octanol–water partition coefficient (Wildman–Crippen LogP) is 4.59. The van der Waals surface area contributed by atoms with Crippen molar-refractivity contribution in [3.63, 3.8) is 0 Å². The zero-order valence-corrected chi connectivity index (χ0v) is 15.1. The van der Waals surface area contributed by atoms with Gasteiger partial charge in [-0.3, -0.25) is 24.6 Å². The van der Waals surface area contributed by atoms with E-state index in [-0.39, 0.29) is 23.4 Å². The Labute approximate surface area is 155 Å². The lowest BCUT2D eigenvalue weighted by atomic mass is 10.2. The average molecular weight is 419 g/mol. The molecule has 0 radical (unpaired) electrons. The normalized spacial score (nSPS) is 15.9. The average Bonchev–Trinajstić information content (AvgIpc) is 2.83. The first kappa shape index (κ1) is 17.4. The molecule has 1 aliphatic rings. The first-order valence-electron chi connectivity index (χ1n) is 7.18. The molecule has 2 aromatic carbocycles. The van der Waals surface area contributed by atoms with Gasteiger partial charge in [0.2, 0.25) is 0 Å². The molecule has 6 nitrogen and oxygen atoms in total. The second-order valence-electron chi connectivity index (χ2n) is 5.25. The second kappa shape index (κ2) is 7.20. The number of imide groups is 1. The number of non-ortho nitro benzene ring substituents is 1. The van der Waals surface area contributed by atoms with Crippen LogP contribution in [0.1, 0.15) is 11.1 Å². The van der Waals surface area contributed by atoms with Crippen molar-refractivity contribution < 1.29 is 14.5 Å². The third-order valence-corrected chi connectivity index (χ3v) is 4.91. The summed E-state index contributed by atoms with van der Waals surface area (Å²) < 4.78 is 0.881. The molecule has 25 heavy (non-hydrogen) atoms. The van der Waals surface area contributed by atoms with E-state index < -0.39 is 4.92 Å². The highest BCUT2D eigenvalue weighted by molar-refractivity contribution is 9.10. The Morgan fingerprint density at radius 3 is 2.52 bits per heavy atom. The number of carbonyl (C=O) groups excluding carboxylic acids is 2. The highest BCUT2D eigenvalue weighted by Gasteiger charge is 2.35. The van der Waals surface area contributed by atoms with E-state index in [9.17, 15) is 19.7 Å². The Kier molecular flexibility index (Phi) is 5.00. The SMILES string of the molecule is O=C1S/C(=C/c2cccc(Br)c2)C(=O)N1Cc1ccc([N+](=O)[O-])cc1. The number of halogens is 1. The molecule has 0 saturated carbocycles. The molecule has 3 rings (SSSR count). The summed E-state index contributed by atoms with van der Waals surface area (Å²) in [5.74, 6) is -0.367. The number of thioether (sulfide) groups is 1. The van der Waals surface area contributed by atoms with E-state index in [4.69, 9.17) is 0 Å². The molecule has 0 atom stereocenters. The molecule has 0 aromatic heterocycles. The molecule has 1 saturated heterocycles. The molecule has 0 N–H and O–H groups in total. The van der Waals surface area contributed by atoms with Crippen molar-refractivity contribution in [2.75, 3.05) is 0 Å². The van der Waals surface area contributed by atoms with Crippen molar-refractivity contribution in [1.82, 2.24) is 4.90 Å². The van der Waals surface area contributed by atoms with Gasteiger partial charge in [0.25, 0.3) is 16.8 Å². The summed E-state index contributed by atoms with van der Waals surface area (Å²) in [5, 5.41) is 10.3. The Bertz CT molecular complexity index is 896. The van der Waals surface area contributed by atoms with Crippen molar-refractivity contribution in [3.8, 4) is 0 Å². The standard InChI is InChI=1S/C17H11BrN2O4S/c18-13-3-1-2-12(8-13)9-15-16(21)19(17(22)25-15)10-11-4-6-14(7-5-11)20(23)24/h1-9H,10H2/b15-9+. The van der Waals surface area contributed by atoms with Crippen molar-refractivity contribution in [3.05, 3.63) is 79.2 Å². The minimum atomic E-state index is -0.495. The molecule has 0 aliphatic carbocycles. The fraction of sp³-hybridized carbons (Fsp3) is 0.0588. The summed E-state index contributed by atoms with van der Waals surface area (Å²) in [7, 11) is 0. The van der Waals surface area contributed by atoms with Gasteiger partial charge in [0.1, 0.15) is 0 Å². The van der Waals surface area contributed by atoms with Crippen LogP contribution in [0.4, 0.5) is 10.5 Å². The predicted molar refractivity (Wildman–Crippen MR) is 98.8 cm³/mol. The molecule has 1 fully saturated rings. The maximum absolute atomic E-state index is 12.5. The molecular weight excluding hydrogens is 408 g/mol. The highest BCUT2D eigenvalue weighted by Crippen LogP contribution is 2.33. The summed E-state index contributed by atoms with van der Waals surface area (Å²) in [4.78, 5) is 36.3. The molecular formula is C17H11BrN2O4S. The summed E-state index contributed by atoms with van der Waals surface area (Å²) in [6.45, 7) is 0.0818. The molecule has 2 amide bonds. The molecule has 1 heterocycles. The minimum Gasteiger partial charge on any atom is -0.268 e. The number of nitrogens with zero attached hydrogens (tertiary/aromatic N) is 2. The van der Waals surface area contributed by atoms with Gasteiger partial charge in [-0.05, 0) is 41.1 Å². The van der Waals surface area contributed by atoms with Crippen LogP contribution in [0.2, 0.25) is 0 Å². The van der Waals surface area contributed by atoms with E-state index in [0.717, 1.165) is 26.7 Å². The smallest absolute Gasteiger partial charge is 0.268 e. The summed E-state index contributed by atoms with van der Waals surface area (Å²) >= 11 is 4.25. The second-order valence-corrected chi connectivity index (χ2v) is 7.16. The first-order valence-corrected chi connectivity index (χ1v) is 8.79. The van der Waals surface area contributed by atoms with Gasteiger partial charge in [0.05, 0.1) is 16.4 Å². The Hall–Kier alpha value is -2.45. The number of carbonyl (C=O) groups is 2. The van der Waals surface area contributed by atoms with Crippen molar-refractivity contribution in [1.29, 1.82) is 0 Å². The van der Waals surface area contributed by atoms with E-state index >= 15 is 0 Å². The van der Waals surface area contributed by atoms with Gasteiger partial charge in [-0.25, -0.2) is 0 Å². The van der Waals surface area contributed by atoms with Crippen LogP contribution in [0.25, 0.3) is 6.08 Å². The fourth-order valence-corrected chi connectivity index (χ4v) is 3.54. The van der Waals surface area contributed by atoms with Gasteiger partial charge in [-0.15, -0.1) is 0 Å². The largest absolute Gasteiger partial charge is 0.293 e. The molecule has 0 unspecified atom stereocenters. The van der Waals surface area contributed by atoms with Crippen LogP contribution in [0.5, 0.6) is 0 Å². The Morgan fingerprint density at radius 2 is 1.88 bits per heavy atom. The number of nitro groups is 1. The zero-order valence-electron chi connectivity index (χ0n) is 12.7. The maximum Gasteiger partial charge on any atom is 0.293 e. The maximum atomic E-state index is 12.5. The van der Waals surface area contributed by atoms with Crippen LogP contribution in [0.15, 0.2) is 57.9 Å². The van der Waals surface area contributed by atoms with Gasteiger partial charge in [0, 0.05) is 16.6 Å². The Morgan fingerprint density at radius 1 is 1.16 bits per heavy atom. The van der Waals surface area contributed by atoms with E-state index in [0.29, 0.717) is 10.5 Å². The van der Waals surface area contributed by atoms with E-state index in [1.54, 1.807) is 18.2 Å². The van der Waals surface area contributed by atoms with E-state index in [2.05, 4.69) is 15.9 Å². The van der Waals surface area contributed by atoms with Crippen LogP contribution in [-0.4, -0.2) is 21.0 Å². The van der Waals surface area contributed by atoms with Crippen molar-refractivity contribution >= 4 is 50.6 Å². The Balaban J connectivity index is 1.78. The van der Waals surface area contributed by atoms with Gasteiger partial charge in [-0.2, -0.15) is 0 Å². The number of hydrogen-bond acceptors (Lipinski definition) is 5. The third-order valence-electron chi connectivity index (χ3n) is 3.51. The topological polar surface area (TPSA) is 80.5 Å². The molecule has 0 bridgehead atoms. The third kappa shape index (κ3) is 3.97. The number of rotatable bonds is 4. The minimum absolute atomic E-state index is 0.0348. The lowest BCUT2D eigenvalue weighted by molar-refractivity contribution is -0.384. The molecule has 1 aliphatic heterocycles. The number of hydrogen-bond donors (Lipinski definition) is 0. The van der Waals surface area contributed by atoms with Gasteiger partial charge < -0.3 is 0 Å². The summed E-state index contributed by atoms with van der Waals surface area (Å²) in [6, 6.07) is 13.2. The number of nitro benzene ring substituents is 1. The molecule has 8 heteroatoms. The van der Waals surface area contributed by atoms with Crippen LogP contribution < -0.4 is 0 Å². The first-order chi connectivity index (χ1) is 11.9. The number of amides is 2. The van der Waals surface area contributed by atoms with Crippen LogP contribution in [-0.2, 0) is 11.3 Å². The molecule has 2 aromatic rings. The monoisotopic (exact) mass is 418 g/mol. The van der Waals surface area contributed by atoms with Gasteiger partial charge in [0.15, 0.2) is 0 Å². The van der Waals surface area contributed by atoms with E-state index in [1.165, 1.54) is 12.1 Å². The lowest BCUT2D eigenvalue weighted by Gasteiger charge is -2.12. The summed E-state index contributed by atoms with van der Waals surface area (Å²) in [6.07, 6.45) is 1.67. The van der Waals surface area contributed by atoms with Gasteiger partial charge in [-0.1, -0.05) is 40.2 Å². The summed E-state index contributed by atoms with van der Waals surface area (Å²) in [5.41, 5.74) is 1.43. The fourth-order valence-electron chi connectivity index (χ4n) is 2.29. The van der Waals surface area contributed by atoms with Crippen molar-refractivity contribution in [2.45, 2.75) is 6.54 Å². The van der Waals surface area contributed by atoms with Crippen molar-refractivity contribution in [2.24, 2.45) is 0 Å². The van der Waals surface area contributed by atoms with Crippen LogP contribution in [0.3, 0.4) is 0 Å². The van der Waals surface area contributed by atoms with E-state index in [1.807, 2.05) is 24.3 Å². The van der Waals surface area contributed by atoms with Crippen LogP contribution in [0, 0.1) is 10.1 Å². The number of benzene rings is 2. The quantitative estimate of drug-likeness (QED) is 0.411. The molecule has 0 spiro atoms. The van der Waals surface area contributed by atoms with Crippen LogP contribution >= 0.6 is 27.7 Å². The van der Waals surface area contributed by atoms with Gasteiger partial charge >= 0.3 is 0 Å². The molecule has 126 valence electrons. The zero-order chi connectivity index (χ0) is 18.0. The lowest BCUT2D eigenvalue weighted by Crippen LogP contribution is -2.27.